The van der Waals surface area contributed by atoms with Crippen LogP contribution < -0.4 is 5.32 Å². The Balaban J connectivity index is 2.04. The molecular formula is C14H12Cl3N. The molecular weight excluding hydrogens is 289 g/mol. The average molecular weight is 301 g/mol. The van der Waals surface area contributed by atoms with Crippen LogP contribution in [0.4, 0.5) is 5.69 Å². The van der Waals surface area contributed by atoms with E-state index in [1.807, 2.05) is 36.4 Å². The van der Waals surface area contributed by atoms with E-state index >= 15 is 0 Å². The lowest BCUT2D eigenvalue weighted by Gasteiger charge is -2.09. The lowest BCUT2D eigenvalue weighted by molar-refractivity contribution is 1.15. The normalized spacial score (nSPS) is 10.4. The molecule has 0 spiro atoms. The fourth-order valence-corrected chi connectivity index (χ4v) is 2.16. The number of hydrogen-bond donors (Lipinski definition) is 1. The quantitative estimate of drug-likeness (QED) is 0.751. The van der Waals surface area contributed by atoms with E-state index in [1.165, 1.54) is 0 Å². The fraction of sp³-hybridized carbons (Fsp3) is 0.143. The average Bonchev–Trinajstić information content (AvgIpc) is 2.41. The molecule has 2 aromatic rings. The molecule has 0 saturated heterocycles. The summed E-state index contributed by atoms with van der Waals surface area (Å²) in [6.07, 6.45) is 0. The van der Waals surface area contributed by atoms with Crippen molar-refractivity contribution in [3.63, 3.8) is 0 Å². The van der Waals surface area contributed by atoms with E-state index in [2.05, 4.69) is 5.32 Å². The van der Waals surface area contributed by atoms with Crippen LogP contribution in [-0.2, 0) is 12.4 Å². The third-order valence-corrected chi connectivity index (χ3v) is 3.79. The molecule has 4 heteroatoms. The molecule has 2 aromatic carbocycles. The van der Waals surface area contributed by atoms with Gasteiger partial charge >= 0.3 is 0 Å². The van der Waals surface area contributed by atoms with Crippen molar-refractivity contribution in [2.24, 2.45) is 0 Å². The highest BCUT2D eigenvalue weighted by atomic mass is 35.5. The Labute approximate surface area is 122 Å². The van der Waals surface area contributed by atoms with Gasteiger partial charge in [0.05, 0.1) is 10.0 Å². The molecule has 0 heterocycles. The van der Waals surface area contributed by atoms with Crippen molar-refractivity contribution in [3.8, 4) is 0 Å². The van der Waals surface area contributed by atoms with Gasteiger partial charge in [-0.05, 0) is 29.3 Å². The first-order chi connectivity index (χ1) is 8.70. The van der Waals surface area contributed by atoms with E-state index in [4.69, 9.17) is 34.8 Å². The summed E-state index contributed by atoms with van der Waals surface area (Å²) in [7, 11) is 0. The largest absolute Gasteiger partial charge is 0.381 e. The molecule has 0 aliphatic carbocycles. The number of hydrogen-bond acceptors (Lipinski definition) is 1. The smallest absolute Gasteiger partial charge is 0.0642 e. The van der Waals surface area contributed by atoms with Gasteiger partial charge in [-0.25, -0.2) is 0 Å². The summed E-state index contributed by atoms with van der Waals surface area (Å²) in [6, 6.07) is 13.6. The lowest BCUT2D eigenvalue weighted by atomic mass is 10.2. The Morgan fingerprint density at radius 3 is 2.33 bits per heavy atom. The Kier molecular flexibility index (Phi) is 4.76. The summed E-state index contributed by atoms with van der Waals surface area (Å²) in [5, 5.41) is 4.47. The summed E-state index contributed by atoms with van der Waals surface area (Å²) < 4.78 is 0. The predicted octanol–water partition coefficient (Wildman–Crippen LogP) is 5.34. The maximum absolute atomic E-state index is 6.12. The Morgan fingerprint density at radius 2 is 1.67 bits per heavy atom. The van der Waals surface area contributed by atoms with Gasteiger partial charge in [0.25, 0.3) is 0 Å². The predicted molar refractivity (Wildman–Crippen MR) is 79.8 cm³/mol. The summed E-state index contributed by atoms with van der Waals surface area (Å²) in [6.45, 7) is 0.639. The number of anilines is 1. The van der Waals surface area contributed by atoms with Crippen LogP contribution in [0.5, 0.6) is 0 Å². The first kappa shape index (κ1) is 13.5. The third-order valence-electron chi connectivity index (χ3n) is 2.62. The van der Waals surface area contributed by atoms with Crippen LogP contribution in [-0.4, -0.2) is 0 Å². The van der Waals surface area contributed by atoms with Gasteiger partial charge in [-0.3, -0.25) is 0 Å². The molecule has 0 amide bonds. The second-order valence-corrected chi connectivity index (χ2v) is 4.95. The standard InChI is InChI=1S/C14H12Cl3N/c15-8-10-4-6-12(7-5-10)18-9-11-2-1-3-13(16)14(11)17/h1-7,18H,8-9H2. The molecule has 94 valence electrons. The maximum Gasteiger partial charge on any atom is 0.0642 e. The number of alkyl halides is 1. The highest BCUT2D eigenvalue weighted by Crippen LogP contribution is 2.26. The molecule has 1 N–H and O–H groups in total. The molecule has 0 atom stereocenters. The zero-order valence-corrected chi connectivity index (χ0v) is 11.9. The van der Waals surface area contributed by atoms with Crippen molar-refractivity contribution in [1.29, 1.82) is 0 Å². The highest BCUT2D eigenvalue weighted by molar-refractivity contribution is 6.42. The van der Waals surface area contributed by atoms with Crippen LogP contribution in [0, 0.1) is 0 Å². The monoisotopic (exact) mass is 299 g/mol. The van der Waals surface area contributed by atoms with E-state index < -0.39 is 0 Å². The van der Waals surface area contributed by atoms with Gasteiger partial charge in [0.2, 0.25) is 0 Å². The Bertz CT molecular complexity index is 523. The van der Waals surface area contributed by atoms with Crippen LogP contribution in [0.3, 0.4) is 0 Å². The lowest BCUT2D eigenvalue weighted by Crippen LogP contribution is -2.00. The molecule has 0 saturated carbocycles. The summed E-state index contributed by atoms with van der Waals surface area (Å²) in [4.78, 5) is 0. The fourth-order valence-electron chi connectivity index (χ4n) is 1.59. The molecule has 0 aliphatic rings. The van der Waals surface area contributed by atoms with Crippen molar-refractivity contribution in [2.75, 3.05) is 5.32 Å². The van der Waals surface area contributed by atoms with Crippen molar-refractivity contribution in [1.82, 2.24) is 0 Å². The van der Waals surface area contributed by atoms with Crippen molar-refractivity contribution < 1.29 is 0 Å². The van der Waals surface area contributed by atoms with Gasteiger partial charge in [0, 0.05) is 18.1 Å². The van der Waals surface area contributed by atoms with Gasteiger partial charge < -0.3 is 5.32 Å². The molecule has 0 bridgehead atoms. The molecule has 0 unspecified atom stereocenters. The van der Waals surface area contributed by atoms with Crippen LogP contribution in [0.2, 0.25) is 10.0 Å². The summed E-state index contributed by atoms with van der Waals surface area (Å²) in [5.41, 5.74) is 3.11. The minimum Gasteiger partial charge on any atom is -0.381 e. The number of nitrogens with one attached hydrogen (secondary N) is 1. The molecule has 1 nitrogen and oxygen atoms in total. The second kappa shape index (κ2) is 6.33. The van der Waals surface area contributed by atoms with Crippen molar-refractivity contribution in [2.45, 2.75) is 12.4 Å². The number of benzene rings is 2. The van der Waals surface area contributed by atoms with E-state index in [1.54, 1.807) is 6.07 Å². The number of rotatable bonds is 4. The first-order valence-corrected chi connectivity index (χ1v) is 6.81. The topological polar surface area (TPSA) is 12.0 Å². The summed E-state index contributed by atoms with van der Waals surface area (Å²) in [5.74, 6) is 0.528. The molecule has 0 aliphatic heterocycles. The molecule has 2 rings (SSSR count). The molecule has 0 fully saturated rings. The van der Waals surface area contributed by atoms with E-state index in [-0.39, 0.29) is 0 Å². The van der Waals surface area contributed by atoms with E-state index in [0.717, 1.165) is 16.8 Å². The number of halogens is 3. The van der Waals surface area contributed by atoms with Crippen molar-refractivity contribution >= 4 is 40.5 Å². The molecule has 0 radical (unpaired) electrons. The second-order valence-electron chi connectivity index (χ2n) is 3.90. The van der Waals surface area contributed by atoms with Crippen LogP contribution in [0.25, 0.3) is 0 Å². The van der Waals surface area contributed by atoms with Crippen LogP contribution in [0.15, 0.2) is 42.5 Å². The Hall–Kier alpha value is -0.890. The van der Waals surface area contributed by atoms with Gasteiger partial charge in [0.15, 0.2) is 0 Å². The third kappa shape index (κ3) is 3.32. The van der Waals surface area contributed by atoms with Crippen LogP contribution in [0.1, 0.15) is 11.1 Å². The van der Waals surface area contributed by atoms with Crippen molar-refractivity contribution in [3.05, 3.63) is 63.6 Å². The SMILES string of the molecule is ClCc1ccc(NCc2cccc(Cl)c2Cl)cc1. The van der Waals surface area contributed by atoms with Gasteiger partial charge in [0.1, 0.15) is 0 Å². The van der Waals surface area contributed by atoms with Gasteiger partial charge in [-0.2, -0.15) is 0 Å². The van der Waals surface area contributed by atoms with E-state index in [0.29, 0.717) is 22.5 Å². The minimum absolute atomic E-state index is 0.528. The zero-order chi connectivity index (χ0) is 13.0. The maximum atomic E-state index is 6.12. The van der Waals surface area contributed by atoms with Gasteiger partial charge in [-0.15, -0.1) is 11.6 Å². The molecule has 18 heavy (non-hydrogen) atoms. The highest BCUT2D eigenvalue weighted by Gasteiger charge is 2.03. The first-order valence-electron chi connectivity index (χ1n) is 5.52. The summed E-state index contributed by atoms with van der Waals surface area (Å²) >= 11 is 17.8. The molecule has 0 aromatic heterocycles. The van der Waals surface area contributed by atoms with E-state index in [9.17, 15) is 0 Å². The zero-order valence-electron chi connectivity index (χ0n) is 9.59. The Morgan fingerprint density at radius 1 is 0.944 bits per heavy atom. The van der Waals surface area contributed by atoms with Crippen LogP contribution >= 0.6 is 34.8 Å². The van der Waals surface area contributed by atoms with Gasteiger partial charge in [-0.1, -0.05) is 47.5 Å². The minimum atomic E-state index is 0.528.